The lowest BCUT2D eigenvalue weighted by Gasteiger charge is -2.23. The molecule has 1 aliphatic carbocycles. The van der Waals surface area contributed by atoms with Crippen molar-refractivity contribution in [3.05, 3.63) is 39.9 Å². The summed E-state index contributed by atoms with van der Waals surface area (Å²) in [6.45, 7) is 0. The fourth-order valence-electron chi connectivity index (χ4n) is 2.53. The van der Waals surface area contributed by atoms with Gasteiger partial charge < -0.3 is 0 Å². The number of alkyl halides is 1. The van der Waals surface area contributed by atoms with E-state index in [0.717, 1.165) is 4.47 Å². The van der Waals surface area contributed by atoms with Crippen molar-refractivity contribution in [2.75, 3.05) is 5.88 Å². The van der Waals surface area contributed by atoms with Crippen molar-refractivity contribution in [3.63, 3.8) is 0 Å². The summed E-state index contributed by atoms with van der Waals surface area (Å²) in [6, 6.07) is 8.34. The van der Waals surface area contributed by atoms with Crippen LogP contribution in [0.15, 0.2) is 34.3 Å². The second-order valence-electron chi connectivity index (χ2n) is 4.71. The van der Waals surface area contributed by atoms with E-state index in [4.69, 9.17) is 11.6 Å². The maximum absolute atomic E-state index is 6.12. The number of allylic oxidation sites excluding steroid dienone is 1. The smallest absolute Gasteiger partial charge is 0.0439 e. The van der Waals surface area contributed by atoms with Crippen molar-refractivity contribution in [3.8, 4) is 0 Å². The van der Waals surface area contributed by atoms with E-state index in [1.807, 2.05) is 6.07 Å². The third kappa shape index (κ3) is 3.59. The zero-order valence-electron chi connectivity index (χ0n) is 9.96. The van der Waals surface area contributed by atoms with Crippen LogP contribution in [0.2, 0.25) is 0 Å². The van der Waals surface area contributed by atoms with E-state index in [9.17, 15) is 0 Å². The van der Waals surface area contributed by atoms with Crippen LogP contribution in [0.3, 0.4) is 0 Å². The van der Waals surface area contributed by atoms with Crippen LogP contribution >= 0.6 is 27.5 Å². The highest BCUT2D eigenvalue weighted by Gasteiger charge is 2.17. The van der Waals surface area contributed by atoms with Gasteiger partial charge in [-0.3, -0.25) is 0 Å². The molecule has 2 rings (SSSR count). The summed E-state index contributed by atoms with van der Waals surface area (Å²) < 4.78 is 1.15. The van der Waals surface area contributed by atoms with E-state index in [1.54, 1.807) is 0 Å². The predicted octanol–water partition coefficient (Wildman–Crippen LogP) is 5.65. The van der Waals surface area contributed by atoms with Gasteiger partial charge in [-0.1, -0.05) is 65.0 Å². The highest BCUT2D eigenvalue weighted by atomic mass is 79.9. The van der Waals surface area contributed by atoms with Crippen LogP contribution < -0.4 is 0 Å². The van der Waals surface area contributed by atoms with Crippen LogP contribution in [-0.2, 0) is 0 Å². The van der Waals surface area contributed by atoms with Crippen LogP contribution in [0.1, 0.15) is 37.7 Å². The monoisotopic (exact) mass is 312 g/mol. The first-order valence-electron chi connectivity index (χ1n) is 6.32. The highest BCUT2D eigenvalue weighted by Crippen LogP contribution is 2.32. The van der Waals surface area contributed by atoms with Crippen LogP contribution in [0.5, 0.6) is 0 Å². The number of hydrogen-bond donors (Lipinski definition) is 0. The molecule has 0 radical (unpaired) electrons. The first kappa shape index (κ1) is 13.2. The van der Waals surface area contributed by atoms with Crippen LogP contribution in [-0.4, -0.2) is 5.88 Å². The van der Waals surface area contributed by atoms with Gasteiger partial charge in [0.15, 0.2) is 0 Å². The minimum Gasteiger partial charge on any atom is -0.122 e. The van der Waals surface area contributed by atoms with Gasteiger partial charge in [-0.25, -0.2) is 0 Å². The Morgan fingerprint density at radius 1 is 1.24 bits per heavy atom. The average molecular weight is 314 g/mol. The largest absolute Gasteiger partial charge is 0.122 e. The van der Waals surface area contributed by atoms with Gasteiger partial charge in [0, 0.05) is 10.4 Å². The van der Waals surface area contributed by atoms with Crippen LogP contribution in [0.25, 0.3) is 6.08 Å². The topological polar surface area (TPSA) is 0 Å². The van der Waals surface area contributed by atoms with Crippen molar-refractivity contribution < 1.29 is 0 Å². The van der Waals surface area contributed by atoms with Gasteiger partial charge in [0.2, 0.25) is 0 Å². The molecule has 1 aromatic carbocycles. The van der Waals surface area contributed by atoms with Crippen molar-refractivity contribution in [1.29, 1.82) is 0 Å². The molecule has 1 aliphatic rings. The highest BCUT2D eigenvalue weighted by molar-refractivity contribution is 9.10. The minimum absolute atomic E-state index is 0.659. The van der Waals surface area contributed by atoms with Gasteiger partial charge in [0.25, 0.3) is 0 Å². The molecule has 0 N–H and O–H groups in total. The van der Waals surface area contributed by atoms with Crippen LogP contribution in [0.4, 0.5) is 0 Å². The number of rotatable bonds is 3. The Balaban J connectivity index is 2.19. The third-order valence-electron chi connectivity index (χ3n) is 3.53. The standard InChI is InChI=1S/C15H18BrCl/c16-15-9-5-4-8-13(15)10-14(11-17)12-6-2-1-3-7-12/h4-5,8-10,12H,1-3,6-7,11H2. The Hall–Kier alpha value is -0.270. The van der Waals surface area contributed by atoms with E-state index in [-0.39, 0.29) is 0 Å². The molecule has 1 fully saturated rings. The maximum atomic E-state index is 6.12. The van der Waals surface area contributed by atoms with E-state index in [1.165, 1.54) is 43.2 Å². The molecular formula is C15H18BrCl. The molecule has 2 heteroatoms. The van der Waals surface area contributed by atoms with E-state index in [0.29, 0.717) is 11.8 Å². The van der Waals surface area contributed by atoms with Crippen molar-refractivity contribution in [2.24, 2.45) is 5.92 Å². The Morgan fingerprint density at radius 2 is 1.94 bits per heavy atom. The van der Waals surface area contributed by atoms with Gasteiger partial charge in [-0.2, -0.15) is 0 Å². The summed E-state index contributed by atoms with van der Waals surface area (Å²) >= 11 is 9.71. The summed E-state index contributed by atoms with van der Waals surface area (Å²) in [4.78, 5) is 0. The zero-order chi connectivity index (χ0) is 12.1. The summed E-state index contributed by atoms with van der Waals surface area (Å²) in [5.74, 6) is 1.36. The average Bonchev–Trinajstić information content (AvgIpc) is 2.39. The Labute approximate surface area is 117 Å². The molecule has 0 bridgehead atoms. The van der Waals surface area contributed by atoms with E-state index in [2.05, 4.69) is 40.2 Å². The molecular weight excluding hydrogens is 296 g/mol. The van der Waals surface area contributed by atoms with E-state index >= 15 is 0 Å². The molecule has 0 amide bonds. The molecule has 17 heavy (non-hydrogen) atoms. The predicted molar refractivity (Wildman–Crippen MR) is 79.4 cm³/mol. The third-order valence-corrected chi connectivity index (χ3v) is 4.56. The molecule has 1 aromatic rings. The van der Waals surface area contributed by atoms with Gasteiger partial charge in [0.1, 0.15) is 0 Å². The first-order chi connectivity index (χ1) is 8.31. The number of hydrogen-bond acceptors (Lipinski definition) is 0. The van der Waals surface area contributed by atoms with Gasteiger partial charge in [0.05, 0.1) is 0 Å². The SMILES string of the molecule is ClCC(=Cc1ccccc1Br)C1CCCCC1. The molecule has 0 aromatic heterocycles. The molecule has 0 atom stereocenters. The van der Waals surface area contributed by atoms with Gasteiger partial charge >= 0.3 is 0 Å². The van der Waals surface area contributed by atoms with E-state index < -0.39 is 0 Å². The van der Waals surface area contributed by atoms with Crippen molar-refractivity contribution in [2.45, 2.75) is 32.1 Å². The Bertz CT molecular complexity index is 392. The maximum Gasteiger partial charge on any atom is 0.0439 e. The van der Waals surface area contributed by atoms with Crippen molar-refractivity contribution >= 4 is 33.6 Å². The minimum atomic E-state index is 0.659. The normalized spacial score (nSPS) is 18.4. The van der Waals surface area contributed by atoms with Gasteiger partial charge in [-0.05, 0) is 30.4 Å². The molecule has 0 saturated heterocycles. The van der Waals surface area contributed by atoms with Crippen LogP contribution in [0, 0.1) is 5.92 Å². The number of halogens is 2. The summed E-state index contributed by atoms with van der Waals surface area (Å²) in [5.41, 5.74) is 2.65. The molecule has 0 heterocycles. The molecule has 92 valence electrons. The quantitative estimate of drug-likeness (QED) is 0.632. The lowest BCUT2D eigenvalue weighted by Crippen LogP contribution is -2.10. The Morgan fingerprint density at radius 3 is 2.59 bits per heavy atom. The fraction of sp³-hybridized carbons (Fsp3) is 0.467. The summed E-state index contributed by atoms with van der Waals surface area (Å²) in [7, 11) is 0. The second kappa shape index (κ2) is 6.61. The summed E-state index contributed by atoms with van der Waals surface area (Å²) in [6.07, 6.45) is 8.99. The lowest BCUT2D eigenvalue weighted by atomic mass is 9.84. The van der Waals surface area contributed by atoms with Crippen molar-refractivity contribution in [1.82, 2.24) is 0 Å². The second-order valence-corrected chi connectivity index (χ2v) is 5.83. The Kier molecular flexibility index (Phi) is 5.12. The summed E-state index contributed by atoms with van der Waals surface area (Å²) in [5, 5.41) is 0. The molecule has 0 unspecified atom stereocenters. The molecule has 0 aliphatic heterocycles. The lowest BCUT2D eigenvalue weighted by molar-refractivity contribution is 0.405. The molecule has 0 spiro atoms. The van der Waals surface area contributed by atoms with Gasteiger partial charge in [-0.15, -0.1) is 11.6 Å². The molecule has 0 nitrogen and oxygen atoms in total. The first-order valence-corrected chi connectivity index (χ1v) is 7.65. The molecule has 1 saturated carbocycles. The fourth-order valence-corrected chi connectivity index (χ4v) is 3.23. The zero-order valence-corrected chi connectivity index (χ0v) is 12.3. The number of benzene rings is 1.